The van der Waals surface area contributed by atoms with Gasteiger partial charge in [-0.1, -0.05) is 11.6 Å². The number of ether oxygens (including phenoxy) is 1. The number of rotatable bonds is 6. The molecule has 228 valence electrons. The molecule has 6 bridgehead atoms. The number of aryl methyl sites for hydroxylation is 2. The Kier molecular flexibility index (Phi) is 8.65. The molecule has 2 aromatic carbocycles. The Hall–Kier alpha value is -4.26. The minimum absolute atomic E-state index is 0.0822. The quantitative estimate of drug-likeness (QED) is 0.249. The van der Waals surface area contributed by atoms with Gasteiger partial charge in [-0.15, -0.1) is 0 Å². The maximum Gasteiger partial charge on any atom is 0.243 e. The summed E-state index contributed by atoms with van der Waals surface area (Å²) in [6.45, 7) is 0.737. The molecule has 1 saturated heterocycles. The van der Waals surface area contributed by atoms with E-state index in [0.29, 0.717) is 67.7 Å². The minimum Gasteiger partial charge on any atom is -0.497 e. The van der Waals surface area contributed by atoms with Crippen molar-refractivity contribution in [2.24, 2.45) is 5.92 Å². The van der Waals surface area contributed by atoms with Crippen molar-refractivity contribution in [1.82, 2.24) is 19.3 Å². The van der Waals surface area contributed by atoms with Crippen LogP contribution in [0.5, 0.6) is 5.75 Å². The molecule has 0 spiro atoms. The smallest absolute Gasteiger partial charge is 0.243 e. The van der Waals surface area contributed by atoms with Crippen molar-refractivity contribution < 1.29 is 17.9 Å². The number of hydrogen-bond acceptors (Lipinski definition) is 9. The van der Waals surface area contributed by atoms with E-state index in [0.717, 1.165) is 28.2 Å². The summed E-state index contributed by atoms with van der Waals surface area (Å²) in [6.07, 6.45) is 7.95. The number of nitrogens with one attached hydrogen (secondary N) is 3. The lowest BCUT2D eigenvalue weighted by molar-refractivity contribution is -0.117. The number of aromatic nitrogens is 3. The zero-order valence-electron chi connectivity index (χ0n) is 24.1. The standard InChI is InChI=1S/C31H32ClN7O4S/c1-43-25-5-7-26(8-6-25)44(41,42)39-12-10-20(11-13-39)15-29(40)37-28-9-4-23-16-22(28)3-2-21-14-24(18-33-17-21)36-31-34-19-27(32)30(35-23)38-31/h4-9,14,16-20H,2-3,10-13,15H2,1H3,(H,37,40)(H2,34,35,36,38). The number of anilines is 5. The number of halogens is 1. The van der Waals surface area contributed by atoms with Crippen LogP contribution in [0.25, 0.3) is 0 Å². The number of methoxy groups -OCH3 is 1. The van der Waals surface area contributed by atoms with Gasteiger partial charge in [-0.2, -0.15) is 9.29 Å². The van der Waals surface area contributed by atoms with Crippen molar-refractivity contribution in [2.75, 3.05) is 36.1 Å². The molecule has 0 atom stereocenters. The van der Waals surface area contributed by atoms with Gasteiger partial charge < -0.3 is 20.7 Å². The first-order chi connectivity index (χ1) is 21.3. The Balaban J connectivity index is 1.13. The topological polar surface area (TPSA) is 138 Å². The number of carbonyl (C=O) groups is 1. The number of pyridine rings is 1. The molecule has 2 aliphatic rings. The molecule has 44 heavy (non-hydrogen) atoms. The summed E-state index contributed by atoms with van der Waals surface area (Å²) in [5, 5.41) is 9.92. The molecule has 0 saturated carbocycles. The summed E-state index contributed by atoms with van der Waals surface area (Å²) in [7, 11) is -2.06. The van der Waals surface area contributed by atoms with Crippen LogP contribution in [0.2, 0.25) is 5.02 Å². The fourth-order valence-electron chi connectivity index (χ4n) is 5.47. The highest BCUT2D eigenvalue weighted by molar-refractivity contribution is 7.89. The summed E-state index contributed by atoms with van der Waals surface area (Å²) in [5.41, 5.74) is 4.24. The van der Waals surface area contributed by atoms with Crippen molar-refractivity contribution >= 4 is 56.4 Å². The van der Waals surface area contributed by atoms with E-state index in [-0.39, 0.29) is 16.7 Å². The molecule has 2 aliphatic heterocycles. The molecule has 4 heterocycles. The molecule has 0 unspecified atom stereocenters. The number of nitrogens with zero attached hydrogens (tertiary/aromatic N) is 4. The highest BCUT2D eigenvalue weighted by Gasteiger charge is 2.30. The maximum absolute atomic E-state index is 13.2. The van der Waals surface area contributed by atoms with Gasteiger partial charge in [0.05, 0.1) is 30.1 Å². The second-order valence-electron chi connectivity index (χ2n) is 10.9. The van der Waals surface area contributed by atoms with Gasteiger partial charge in [-0.25, -0.2) is 13.4 Å². The van der Waals surface area contributed by atoms with E-state index >= 15 is 0 Å². The van der Waals surface area contributed by atoms with Gasteiger partial charge in [0.25, 0.3) is 0 Å². The van der Waals surface area contributed by atoms with E-state index in [4.69, 9.17) is 16.3 Å². The van der Waals surface area contributed by atoms with Crippen LogP contribution in [-0.4, -0.2) is 53.8 Å². The normalized spacial score (nSPS) is 15.5. The number of piperidine rings is 1. The second kappa shape index (κ2) is 12.8. The molecule has 4 aromatic rings. The SMILES string of the molecule is COc1ccc(S(=O)(=O)N2CCC(CC(=O)Nc3ccc4cc3CCc3cncc(c3)Nc3ncc(Cl)c(n3)N4)CC2)cc1. The van der Waals surface area contributed by atoms with Crippen LogP contribution in [0.15, 0.2) is 72.0 Å². The predicted octanol–water partition coefficient (Wildman–Crippen LogP) is 5.55. The zero-order valence-corrected chi connectivity index (χ0v) is 25.7. The fraction of sp³-hybridized carbons (Fsp3) is 0.290. The number of benzene rings is 2. The van der Waals surface area contributed by atoms with Crippen molar-refractivity contribution in [3.63, 3.8) is 0 Å². The van der Waals surface area contributed by atoms with Crippen LogP contribution in [0, 0.1) is 5.92 Å². The average molecular weight is 634 g/mol. The van der Waals surface area contributed by atoms with E-state index in [9.17, 15) is 13.2 Å². The number of fused-ring (bicyclic) bond motifs is 6. The van der Waals surface area contributed by atoms with Crippen LogP contribution in [0.4, 0.5) is 28.8 Å². The summed E-state index contributed by atoms with van der Waals surface area (Å²) < 4.78 is 32.9. The molecular weight excluding hydrogens is 602 g/mol. The molecule has 2 aromatic heterocycles. The van der Waals surface area contributed by atoms with Gasteiger partial charge in [0.15, 0.2) is 5.82 Å². The number of carbonyl (C=O) groups excluding carboxylic acids is 1. The van der Waals surface area contributed by atoms with Crippen molar-refractivity contribution in [3.8, 4) is 5.75 Å². The van der Waals surface area contributed by atoms with Gasteiger partial charge in [-0.3, -0.25) is 9.78 Å². The summed E-state index contributed by atoms with van der Waals surface area (Å²) in [5.74, 6) is 1.43. The molecule has 3 N–H and O–H groups in total. The summed E-state index contributed by atoms with van der Waals surface area (Å²) in [6, 6.07) is 14.1. The van der Waals surface area contributed by atoms with E-state index in [1.165, 1.54) is 10.5 Å². The minimum atomic E-state index is -3.60. The average Bonchev–Trinajstić information content (AvgIpc) is 3.03. The Labute approximate surface area is 261 Å². The first kappa shape index (κ1) is 29.8. The lowest BCUT2D eigenvalue weighted by Crippen LogP contribution is -2.39. The largest absolute Gasteiger partial charge is 0.497 e. The Morgan fingerprint density at radius 1 is 1.02 bits per heavy atom. The van der Waals surface area contributed by atoms with Gasteiger partial charge >= 0.3 is 0 Å². The highest BCUT2D eigenvalue weighted by Crippen LogP contribution is 2.31. The van der Waals surface area contributed by atoms with Crippen LogP contribution < -0.4 is 20.7 Å². The first-order valence-corrected chi connectivity index (χ1v) is 16.2. The van der Waals surface area contributed by atoms with Crippen molar-refractivity contribution in [1.29, 1.82) is 0 Å². The Morgan fingerprint density at radius 3 is 2.59 bits per heavy atom. The van der Waals surface area contributed by atoms with Gasteiger partial charge in [0.1, 0.15) is 10.8 Å². The van der Waals surface area contributed by atoms with Gasteiger partial charge in [0.2, 0.25) is 21.9 Å². The summed E-state index contributed by atoms with van der Waals surface area (Å²) in [4.78, 5) is 26.6. The third-order valence-corrected chi connectivity index (χ3v) is 10.1. The monoisotopic (exact) mass is 633 g/mol. The lowest BCUT2D eigenvalue weighted by Gasteiger charge is -2.31. The molecule has 0 radical (unpaired) electrons. The van der Waals surface area contributed by atoms with E-state index in [1.807, 2.05) is 30.5 Å². The van der Waals surface area contributed by atoms with Crippen LogP contribution in [0.1, 0.15) is 30.4 Å². The lowest BCUT2D eigenvalue weighted by atomic mass is 9.94. The Bertz CT molecular complexity index is 1780. The fourth-order valence-corrected chi connectivity index (χ4v) is 7.07. The van der Waals surface area contributed by atoms with Crippen LogP contribution >= 0.6 is 11.6 Å². The van der Waals surface area contributed by atoms with E-state index < -0.39 is 10.0 Å². The predicted molar refractivity (Wildman–Crippen MR) is 169 cm³/mol. The van der Waals surface area contributed by atoms with Crippen molar-refractivity contribution in [2.45, 2.75) is 37.0 Å². The van der Waals surface area contributed by atoms with Crippen LogP contribution in [0.3, 0.4) is 0 Å². The molecule has 1 fully saturated rings. The summed E-state index contributed by atoms with van der Waals surface area (Å²) >= 11 is 6.38. The third-order valence-electron chi connectivity index (χ3n) is 7.86. The molecular formula is C31H32ClN7O4S. The number of amides is 1. The second-order valence-corrected chi connectivity index (χ2v) is 13.2. The number of hydrogen-bond donors (Lipinski definition) is 3. The molecule has 13 heteroatoms. The third kappa shape index (κ3) is 6.77. The Morgan fingerprint density at radius 2 is 1.82 bits per heavy atom. The number of sulfonamides is 1. The van der Waals surface area contributed by atoms with Crippen molar-refractivity contribution in [3.05, 3.63) is 83.3 Å². The van der Waals surface area contributed by atoms with Crippen LogP contribution in [-0.2, 0) is 27.7 Å². The van der Waals surface area contributed by atoms with Gasteiger partial charge in [0, 0.05) is 37.1 Å². The maximum atomic E-state index is 13.2. The highest BCUT2D eigenvalue weighted by atomic mass is 35.5. The molecule has 1 amide bonds. The molecule has 0 aliphatic carbocycles. The van der Waals surface area contributed by atoms with E-state index in [2.05, 4.69) is 30.9 Å². The molecule has 11 nitrogen and oxygen atoms in total. The molecule has 6 rings (SSSR count). The van der Waals surface area contributed by atoms with Gasteiger partial charge in [-0.05, 0) is 91.3 Å². The zero-order chi connectivity index (χ0) is 30.7. The first-order valence-electron chi connectivity index (χ1n) is 14.3. The van der Waals surface area contributed by atoms with E-state index in [1.54, 1.807) is 37.6 Å².